The summed E-state index contributed by atoms with van der Waals surface area (Å²) in [5, 5.41) is 19.1. The molecule has 1 aromatic heterocycles. The molecular weight excluding hydrogens is 362 g/mol. The van der Waals surface area contributed by atoms with Crippen molar-refractivity contribution in [2.75, 3.05) is 5.32 Å². The Labute approximate surface area is 161 Å². The second-order valence-corrected chi connectivity index (χ2v) is 6.99. The highest BCUT2D eigenvalue weighted by Crippen LogP contribution is 2.27. The van der Waals surface area contributed by atoms with E-state index >= 15 is 0 Å². The first-order valence-electron chi connectivity index (χ1n) is 8.45. The minimum Gasteiger partial charge on any atom is -0.319 e. The number of nitro groups is 1. The van der Waals surface area contributed by atoms with Crippen LogP contribution in [0.2, 0.25) is 0 Å². The largest absolute Gasteiger partial charge is 0.319 e. The summed E-state index contributed by atoms with van der Waals surface area (Å²) in [6.07, 6.45) is 0. The number of amides is 1. The maximum atomic E-state index is 12.6. The van der Waals surface area contributed by atoms with Crippen LogP contribution in [0.25, 0.3) is 0 Å². The van der Waals surface area contributed by atoms with E-state index in [1.807, 2.05) is 47.8 Å². The van der Waals surface area contributed by atoms with Gasteiger partial charge in [0, 0.05) is 10.9 Å². The number of nitrogens with one attached hydrogen (secondary N) is 2. The Morgan fingerprint density at radius 1 is 1.04 bits per heavy atom. The number of rotatable bonds is 7. The van der Waals surface area contributed by atoms with Crippen molar-refractivity contribution in [1.82, 2.24) is 5.32 Å². The number of para-hydroxylation sites is 2. The van der Waals surface area contributed by atoms with E-state index in [4.69, 9.17) is 0 Å². The summed E-state index contributed by atoms with van der Waals surface area (Å²) in [4.78, 5) is 24.3. The predicted octanol–water partition coefficient (Wildman–Crippen LogP) is 4.36. The van der Waals surface area contributed by atoms with E-state index in [1.54, 1.807) is 30.4 Å². The molecule has 1 heterocycles. The van der Waals surface area contributed by atoms with E-state index in [-0.39, 0.29) is 23.3 Å². The summed E-state index contributed by atoms with van der Waals surface area (Å²) in [5.41, 5.74) is 1.11. The highest BCUT2D eigenvalue weighted by Gasteiger charge is 2.23. The molecular formula is C20H19N3O3S. The van der Waals surface area contributed by atoms with Crippen molar-refractivity contribution < 1.29 is 9.72 Å². The Morgan fingerprint density at radius 2 is 1.74 bits per heavy atom. The number of hydrogen-bond acceptors (Lipinski definition) is 5. The Hall–Kier alpha value is -3.03. The fourth-order valence-electron chi connectivity index (χ4n) is 2.75. The maximum Gasteiger partial charge on any atom is 0.292 e. The minimum atomic E-state index is -0.558. The summed E-state index contributed by atoms with van der Waals surface area (Å²) >= 11 is 1.61. The van der Waals surface area contributed by atoms with Crippen LogP contribution in [0.4, 0.5) is 11.4 Å². The molecule has 2 aromatic carbocycles. The van der Waals surface area contributed by atoms with Crippen LogP contribution in [0.3, 0.4) is 0 Å². The molecule has 0 saturated carbocycles. The maximum absolute atomic E-state index is 12.6. The van der Waals surface area contributed by atoms with Gasteiger partial charge < -0.3 is 5.32 Å². The number of thiophene rings is 1. The summed E-state index contributed by atoms with van der Waals surface area (Å²) in [7, 11) is 0. The zero-order valence-electron chi connectivity index (χ0n) is 14.7. The SMILES string of the molecule is C[C@@H](N[C@H](c1ccccc1)c1cccs1)C(=O)Nc1ccccc1[N+](=O)[O-]. The molecule has 0 bridgehead atoms. The van der Waals surface area contributed by atoms with Gasteiger partial charge >= 0.3 is 0 Å². The van der Waals surface area contributed by atoms with Gasteiger partial charge in [-0.3, -0.25) is 20.2 Å². The van der Waals surface area contributed by atoms with E-state index in [0.29, 0.717) is 0 Å². The topological polar surface area (TPSA) is 84.3 Å². The summed E-state index contributed by atoms with van der Waals surface area (Å²) in [6, 6.07) is 19.3. The highest BCUT2D eigenvalue weighted by molar-refractivity contribution is 7.10. The molecule has 2 atom stereocenters. The number of anilines is 1. The van der Waals surface area contributed by atoms with Crippen molar-refractivity contribution >= 4 is 28.6 Å². The molecule has 0 aliphatic carbocycles. The zero-order chi connectivity index (χ0) is 19.2. The lowest BCUT2D eigenvalue weighted by molar-refractivity contribution is -0.383. The van der Waals surface area contributed by atoms with Gasteiger partial charge in [0.2, 0.25) is 5.91 Å². The van der Waals surface area contributed by atoms with Crippen LogP contribution in [0.15, 0.2) is 72.1 Å². The van der Waals surface area contributed by atoms with Crippen LogP contribution in [0.5, 0.6) is 0 Å². The second-order valence-electron chi connectivity index (χ2n) is 6.01. The van der Waals surface area contributed by atoms with Crippen molar-refractivity contribution in [3.05, 3.63) is 92.7 Å². The van der Waals surface area contributed by atoms with Gasteiger partial charge in [-0.25, -0.2) is 0 Å². The molecule has 7 heteroatoms. The molecule has 27 heavy (non-hydrogen) atoms. The third-order valence-electron chi connectivity index (χ3n) is 4.13. The van der Waals surface area contributed by atoms with Crippen LogP contribution in [0.1, 0.15) is 23.4 Å². The van der Waals surface area contributed by atoms with Crippen LogP contribution in [0, 0.1) is 10.1 Å². The van der Waals surface area contributed by atoms with E-state index in [2.05, 4.69) is 10.6 Å². The molecule has 0 spiro atoms. The van der Waals surface area contributed by atoms with Crippen LogP contribution < -0.4 is 10.6 Å². The Balaban J connectivity index is 1.77. The van der Waals surface area contributed by atoms with Crippen molar-refractivity contribution in [3.8, 4) is 0 Å². The van der Waals surface area contributed by atoms with Gasteiger partial charge in [-0.15, -0.1) is 11.3 Å². The number of hydrogen-bond donors (Lipinski definition) is 2. The number of nitro benzene ring substituents is 1. The molecule has 1 amide bonds. The van der Waals surface area contributed by atoms with E-state index in [0.717, 1.165) is 10.4 Å². The molecule has 0 unspecified atom stereocenters. The van der Waals surface area contributed by atoms with Gasteiger partial charge in [0.1, 0.15) is 5.69 Å². The first-order valence-corrected chi connectivity index (χ1v) is 9.33. The van der Waals surface area contributed by atoms with Crippen molar-refractivity contribution in [2.24, 2.45) is 0 Å². The van der Waals surface area contributed by atoms with Crippen molar-refractivity contribution in [1.29, 1.82) is 0 Å². The van der Waals surface area contributed by atoms with Crippen molar-refractivity contribution in [3.63, 3.8) is 0 Å². The first kappa shape index (κ1) is 18.8. The Bertz CT molecular complexity index is 913. The average Bonchev–Trinajstić information content (AvgIpc) is 3.21. The average molecular weight is 381 g/mol. The monoisotopic (exact) mass is 381 g/mol. The minimum absolute atomic E-state index is 0.129. The summed E-state index contributed by atoms with van der Waals surface area (Å²) in [6.45, 7) is 1.74. The molecule has 6 nitrogen and oxygen atoms in total. The number of nitrogens with zero attached hydrogens (tertiary/aromatic N) is 1. The molecule has 2 N–H and O–H groups in total. The normalized spacial score (nSPS) is 12.9. The van der Waals surface area contributed by atoms with Gasteiger partial charge in [-0.2, -0.15) is 0 Å². The highest BCUT2D eigenvalue weighted by atomic mass is 32.1. The van der Waals surface area contributed by atoms with E-state index in [1.165, 1.54) is 12.1 Å². The second kappa shape index (κ2) is 8.57. The Kier molecular flexibility index (Phi) is 5.95. The molecule has 3 rings (SSSR count). The van der Waals surface area contributed by atoms with Crippen molar-refractivity contribution in [2.45, 2.75) is 19.0 Å². The molecule has 3 aromatic rings. The molecule has 0 aliphatic heterocycles. The van der Waals surface area contributed by atoms with Gasteiger partial charge in [-0.05, 0) is 30.0 Å². The Morgan fingerprint density at radius 3 is 2.41 bits per heavy atom. The molecule has 138 valence electrons. The van der Waals surface area contributed by atoms with Crippen LogP contribution >= 0.6 is 11.3 Å². The third kappa shape index (κ3) is 4.58. The predicted molar refractivity (Wildman–Crippen MR) is 107 cm³/mol. The summed E-state index contributed by atoms with van der Waals surface area (Å²) in [5.74, 6) is -0.332. The van der Waals surface area contributed by atoms with Crippen LogP contribution in [-0.2, 0) is 4.79 Å². The number of carbonyl (C=O) groups is 1. The molecule has 0 fully saturated rings. The lowest BCUT2D eigenvalue weighted by Crippen LogP contribution is -2.40. The van der Waals surface area contributed by atoms with Gasteiger partial charge in [-0.1, -0.05) is 48.5 Å². The van der Waals surface area contributed by atoms with Crippen LogP contribution in [-0.4, -0.2) is 16.9 Å². The molecule has 0 radical (unpaired) electrons. The lowest BCUT2D eigenvalue weighted by atomic mass is 10.0. The summed E-state index contributed by atoms with van der Waals surface area (Å²) < 4.78 is 0. The smallest absolute Gasteiger partial charge is 0.292 e. The third-order valence-corrected chi connectivity index (χ3v) is 5.07. The van der Waals surface area contributed by atoms with Gasteiger partial charge in [0.15, 0.2) is 0 Å². The fraction of sp³-hybridized carbons (Fsp3) is 0.150. The zero-order valence-corrected chi connectivity index (χ0v) is 15.5. The fourth-order valence-corrected chi connectivity index (χ4v) is 3.56. The standard InChI is InChI=1S/C20H19N3O3S/c1-14(20(24)22-16-10-5-6-11-17(16)23(25)26)21-19(18-12-7-13-27-18)15-8-3-2-4-9-15/h2-14,19,21H,1H3,(H,22,24)/t14-,19-/m1/s1. The van der Waals surface area contributed by atoms with Gasteiger partial charge in [0.25, 0.3) is 5.69 Å². The van der Waals surface area contributed by atoms with E-state index < -0.39 is 11.0 Å². The molecule has 0 saturated heterocycles. The lowest BCUT2D eigenvalue weighted by Gasteiger charge is -2.22. The first-order chi connectivity index (χ1) is 13.1. The number of carbonyl (C=O) groups excluding carboxylic acids is 1. The number of benzene rings is 2. The van der Waals surface area contributed by atoms with E-state index in [9.17, 15) is 14.9 Å². The molecule has 0 aliphatic rings. The van der Waals surface area contributed by atoms with Gasteiger partial charge in [0.05, 0.1) is 17.0 Å². The quantitative estimate of drug-likeness (QED) is 0.470.